The topological polar surface area (TPSA) is 93.8 Å². The van der Waals surface area contributed by atoms with Crippen molar-refractivity contribution in [1.29, 1.82) is 0 Å². The van der Waals surface area contributed by atoms with E-state index in [1.807, 2.05) is 62.7 Å². The minimum absolute atomic E-state index is 0. The largest absolute Gasteiger partial charge is 0.387 e. The van der Waals surface area contributed by atoms with E-state index >= 15 is 0 Å². The number of benzene rings is 1. The smallest absolute Gasteiger partial charge is 0.191 e. The average Bonchev–Trinajstić information content (AvgIpc) is 3.04. The first-order valence-electron chi connectivity index (χ1n) is 10.7. The van der Waals surface area contributed by atoms with Gasteiger partial charge in [-0.3, -0.25) is 0 Å². The summed E-state index contributed by atoms with van der Waals surface area (Å²) < 4.78 is 1.93. The van der Waals surface area contributed by atoms with E-state index in [0.29, 0.717) is 25.6 Å². The van der Waals surface area contributed by atoms with Crippen LogP contribution in [0.1, 0.15) is 25.0 Å². The van der Waals surface area contributed by atoms with Crippen LogP contribution in [0.5, 0.6) is 0 Å². The molecular formula is C22H39IN8O. The van der Waals surface area contributed by atoms with E-state index < -0.39 is 5.60 Å². The number of aryl methyl sites for hydroxylation is 1. The van der Waals surface area contributed by atoms with Gasteiger partial charge in [0.05, 0.1) is 5.60 Å². The Morgan fingerprint density at radius 3 is 2.44 bits per heavy atom. The first kappa shape index (κ1) is 28.1. The number of aliphatic imine (C=N–C) groups is 1. The van der Waals surface area contributed by atoms with Crippen LogP contribution in [0, 0.1) is 6.92 Å². The minimum atomic E-state index is -0.874. The summed E-state index contributed by atoms with van der Waals surface area (Å²) in [4.78, 5) is 8.86. The molecule has 0 amide bonds. The predicted octanol–water partition coefficient (Wildman–Crippen LogP) is 1.62. The molecule has 0 aliphatic rings. The van der Waals surface area contributed by atoms with Gasteiger partial charge in [-0.05, 0) is 46.5 Å². The molecule has 0 spiro atoms. The Morgan fingerprint density at radius 1 is 1.16 bits per heavy atom. The summed E-state index contributed by atoms with van der Waals surface area (Å²) in [6.45, 7) is 6.77. The highest BCUT2D eigenvalue weighted by Crippen LogP contribution is 2.10. The van der Waals surface area contributed by atoms with Gasteiger partial charge in [-0.2, -0.15) is 0 Å². The van der Waals surface area contributed by atoms with E-state index in [1.165, 1.54) is 5.69 Å². The van der Waals surface area contributed by atoms with E-state index in [2.05, 4.69) is 49.9 Å². The second kappa shape index (κ2) is 13.6. The third-order valence-electron chi connectivity index (χ3n) is 5.01. The second-order valence-corrected chi connectivity index (χ2v) is 8.51. The molecule has 1 atom stereocenters. The second-order valence-electron chi connectivity index (χ2n) is 8.51. The van der Waals surface area contributed by atoms with Crippen molar-refractivity contribution in [3.63, 3.8) is 0 Å². The molecule has 0 fully saturated rings. The van der Waals surface area contributed by atoms with Crippen molar-refractivity contribution < 1.29 is 5.11 Å². The molecule has 1 unspecified atom stereocenters. The molecule has 1 aromatic carbocycles. The van der Waals surface area contributed by atoms with Crippen molar-refractivity contribution in [2.45, 2.75) is 32.4 Å². The Bertz CT molecular complexity index is 823. The van der Waals surface area contributed by atoms with E-state index in [0.717, 1.165) is 31.2 Å². The van der Waals surface area contributed by atoms with Crippen LogP contribution in [-0.2, 0) is 13.6 Å². The Balaban J connectivity index is 0.00000512. The van der Waals surface area contributed by atoms with E-state index in [4.69, 9.17) is 0 Å². The van der Waals surface area contributed by atoms with Crippen LogP contribution < -0.4 is 15.5 Å². The number of hydrogen-bond donors (Lipinski definition) is 3. The maximum Gasteiger partial charge on any atom is 0.191 e. The number of aromatic nitrogens is 3. The van der Waals surface area contributed by atoms with Gasteiger partial charge in [0, 0.05) is 46.0 Å². The number of para-hydroxylation sites is 1. The van der Waals surface area contributed by atoms with Crippen LogP contribution in [0.3, 0.4) is 0 Å². The minimum Gasteiger partial charge on any atom is -0.387 e. The molecule has 1 heterocycles. The Morgan fingerprint density at radius 2 is 1.84 bits per heavy atom. The number of rotatable bonds is 11. The van der Waals surface area contributed by atoms with E-state index in [-0.39, 0.29) is 24.0 Å². The zero-order valence-corrected chi connectivity index (χ0v) is 22.5. The van der Waals surface area contributed by atoms with Crippen LogP contribution in [0.15, 0.2) is 35.3 Å². The van der Waals surface area contributed by atoms with Gasteiger partial charge in [-0.15, -0.1) is 34.2 Å². The maximum absolute atomic E-state index is 10.6. The van der Waals surface area contributed by atoms with Gasteiger partial charge in [-0.25, -0.2) is 4.99 Å². The monoisotopic (exact) mass is 558 g/mol. The fourth-order valence-corrected chi connectivity index (χ4v) is 3.26. The standard InChI is InChI=1S/C22H38N8O.HI/c1-18-26-27-20(30(18)6)15-24-21(25-16-22(2,31)17-28(3)4)23-13-10-14-29(5)19-11-8-7-9-12-19;/h7-9,11-12,31H,10,13-17H2,1-6H3,(H2,23,24,25);1H. The zero-order chi connectivity index (χ0) is 22.9. The van der Waals surface area contributed by atoms with E-state index in [9.17, 15) is 5.11 Å². The number of anilines is 1. The first-order chi connectivity index (χ1) is 14.7. The fourth-order valence-electron chi connectivity index (χ4n) is 3.26. The van der Waals surface area contributed by atoms with E-state index in [1.54, 1.807) is 0 Å². The quantitative estimate of drug-likeness (QED) is 0.167. The number of halogens is 1. The predicted molar refractivity (Wildman–Crippen MR) is 142 cm³/mol. The number of guanidine groups is 1. The van der Waals surface area contributed by atoms with Gasteiger partial charge in [-0.1, -0.05) is 18.2 Å². The van der Waals surface area contributed by atoms with Crippen molar-refractivity contribution in [2.75, 3.05) is 52.2 Å². The highest BCUT2D eigenvalue weighted by atomic mass is 127. The molecule has 3 N–H and O–H groups in total. The summed E-state index contributed by atoms with van der Waals surface area (Å²) in [5.74, 6) is 2.30. The molecule has 1 aromatic heterocycles. The van der Waals surface area contributed by atoms with Gasteiger partial charge >= 0.3 is 0 Å². The molecule has 0 aliphatic carbocycles. The van der Waals surface area contributed by atoms with Gasteiger partial charge in [0.1, 0.15) is 12.4 Å². The van der Waals surface area contributed by atoms with Gasteiger partial charge in [0.15, 0.2) is 11.8 Å². The Labute approximate surface area is 209 Å². The van der Waals surface area contributed by atoms with Crippen molar-refractivity contribution in [3.8, 4) is 0 Å². The molecule has 32 heavy (non-hydrogen) atoms. The van der Waals surface area contributed by atoms with Crippen LogP contribution in [0.4, 0.5) is 5.69 Å². The highest BCUT2D eigenvalue weighted by Gasteiger charge is 2.21. The van der Waals surface area contributed by atoms with Crippen LogP contribution in [0.2, 0.25) is 0 Å². The third kappa shape index (κ3) is 9.70. The van der Waals surface area contributed by atoms with Gasteiger partial charge < -0.3 is 30.1 Å². The highest BCUT2D eigenvalue weighted by molar-refractivity contribution is 14.0. The van der Waals surface area contributed by atoms with Crippen molar-refractivity contribution in [2.24, 2.45) is 12.0 Å². The Hall–Kier alpha value is -1.92. The van der Waals surface area contributed by atoms with Crippen LogP contribution in [0.25, 0.3) is 0 Å². The molecule has 2 aromatic rings. The molecule has 180 valence electrons. The number of hydrogen-bond acceptors (Lipinski definition) is 6. The van der Waals surface area contributed by atoms with Crippen molar-refractivity contribution >= 4 is 35.6 Å². The molecule has 9 nitrogen and oxygen atoms in total. The summed E-state index contributed by atoms with van der Waals surface area (Å²) in [5, 5.41) is 25.5. The Kier molecular flexibility index (Phi) is 11.9. The molecule has 0 saturated heterocycles. The summed E-state index contributed by atoms with van der Waals surface area (Å²) >= 11 is 0. The lowest BCUT2D eigenvalue weighted by Gasteiger charge is -2.28. The average molecular weight is 559 g/mol. The summed E-state index contributed by atoms with van der Waals surface area (Å²) in [7, 11) is 7.92. The number of likely N-dealkylation sites (N-methyl/N-ethyl adjacent to an activating group) is 1. The van der Waals surface area contributed by atoms with Crippen molar-refractivity contribution in [1.82, 2.24) is 30.3 Å². The lowest BCUT2D eigenvalue weighted by Crippen LogP contribution is -2.50. The molecule has 2 rings (SSSR count). The normalized spacial score (nSPS) is 13.4. The van der Waals surface area contributed by atoms with Gasteiger partial charge in [0.2, 0.25) is 0 Å². The lowest BCUT2D eigenvalue weighted by molar-refractivity contribution is 0.0377. The fraction of sp³-hybridized carbons (Fsp3) is 0.591. The summed E-state index contributed by atoms with van der Waals surface area (Å²) in [6.07, 6.45) is 0.948. The molecule has 10 heteroatoms. The molecule has 0 saturated carbocycles. The number of nitrogens with zero attached hydrogens (tertiary/aromatic N) is 6. The number of nitrogens with one attached hydrogen (secondary N) is 2. The van der Waals surface area contributed by atoms with Crippen LogP contribution in [-0.4, -0.2) is 83.7 Å². The maximum atomic E-state index is 10.6. The SMILES string of the molecule is Cc1nnc(CN=C(NCCCN(C)c2ccccc2)NCC(C)(O)CN(C)C)n1C.I. The molecular weight excluding hydrogens is 519 g/mol. The zero-order valence-electron chi connectivity index (χ0n) is 20.2. The molecule has 0 aliphatic heterocycles. The van der Waals surface area contributed by atoms with Crippen molar-refractivity contribution in [3.05, 3.63) is 42.0 Å². The first-order valence-corrected chi connectivity index (χ1v) is 10.7. The van der Waals surface area contributed by atoms with Crippen LogP contribution >= 0.6 is 24.0 Å². The summed E-state index contributed by atoms with van der Waals surface area (Å²) in [6, 6.07) is 10.3. The molecule has 0 radical (unpaired) electrons. The molecule has 0 bridgehead atoms. The van der Waals surface area contributed by atoms with Gasteiger partial charge in [0.25, 0.3) is 0 Å². The third-order valence-corrected chi connectivity index (χ3v) is 5.01. The lowest BCUT2D eigenvalue weighted by atomic mass is 10.1. The number of aliphatic hydroxyl groups is 1. The summed E-state index contributed by atoms with van der Waals surface area (Å²) in [5.41, 5.74) is 0.327.